The van der Waals surface area contributed by atoms with Gasteiger partial charge >= 0.3 is 0 Å². The van der Waals surface area contributed by atoms with Gasteiger partial charge in [0.25, 0.3) is 0 Å². The Morgan fingerprint density at radius 1 is 1.38 bits per heavy atom. The normalized spacial score (nSPS) is 10.4. The fourth-order valence-corrected chi connectivity index (χ4v) is 1.44. The highest BCUT2D eigenvalue weighted by Gasteiger charge is 1.98. The summed E-state index contributed by atoms with van der Waals surface area (Å²) >= 11 is 0. The lowest BCUT2D eigenvalue weighted by Gasteiger charge is -2.04. The van der Waals surface area contributed by atoms with Crippen LogP contribution in [-0.2, 0) is 20.0 Å². The standard InChI is InChI=1S/C11H15N5/c1-3-10-4-11(14-8-13-10)12-5-9-6-15-16(2)7-9/h4,6-8H,3,5H2,1-2H3,(H,12,13,14). The summed E-state index contributed by atoms with van der Waals surface area (Å²) in [7, 11) is 1.91. The SMILES string of the molecule is CCc1cc(NCc2cnn(C)c2)ncn1. The molecule has 0 aliphatic carbocycles. The number of anilines is 1. The number of hydrogen-bond acceptors (Lipinski definition) is 4. The van der Waals surface area contributed by atoms with Gasteiger partial charge in [-0.05, 0) is 6.42 Å². The first kappa shape index (κ1) is 10.6. The molecule has 0 bridgehead atoms. The van der Waals surface area contributed by atoms with Gasteiger partial charge in [-0.15, -0.1) is 0 Å². The number of rotatable bonds is 4. The minimum Gasteiger partial charge on any atom is -0.366 e. The molecule has 0 spiro atoms. The van der Waals surface area contributed by atoms with Crippen LogP contribution in [0, 0.1) is 0 Å². The van der Waals surface area contributed by atoms with Crippen LogP contribution in [0.25, 0.3) is 0 Å². The second-order valence-corrected chi connectivity index (χ2v) is 3.62. The molecule has 0 amide bonds. The zero-order valence-corrected chi connectivity index (χ0v) is 9.51. The first-order valence-corrected chi connectivity index (χ1v) is 5.30. The zero-order valence-electron chi connectivity index (χ0n) is 9.51. The number of aryl methyl sites for hydroxylation is 2. The minimum atomic E-state index is 0.730. The van der Waals surface area contributed by atoms with Crippen LogP contribution in [0.1, 0.15) is 18.2 Å². The first-order valence-electron chi connectivity index (χ1n) is 5.30. The van der Waals surface area contributed by atoms with Crippen LogP contribution in [0.2, 0.25) is 0 Å². The van der Waals surface area contributed by atoms with Gasteiger partial charge in [0, 0.05) is 37.1 Å². The number of aromatic nitrogens is 4. The molecule has 0 aliphatic heterocycles. The Labute approximate surface area is 94.5 Å². The van der Waals surface area contributed by atoms with Gasteiger partial charge in [-0.2, -0.15) is 5.10 Å². The smallest absolute Gasteiger partial charge is 0.129 e. The zero-order chi connectivity index (χ0) is 11.4. The Bertz CT molecular complexity index is 463. The van der Waals surface area contributed by atoms with Crippen molar-refractivity contribution in [1.29, 1.82) is 0 Å². The van der Waals surface area contributed by atoms with Crippen molar-refractivity contribution in [3.8, 4) is 0 Å². The third-order valence-electron chi connectivity index (χ3n) is 2.32. The highest BCUT2D eigenvalue weighted by atomic mass is 15.2. The summed E-state index contributed by atoms with van der Waals surface area (Å²) in [6, 6.07) is 1.97. The average Bonchev–Trinajstić information content (AvgIpc) is 2.73. The maximum Gasteiger partial charge on any atom is 0.129 e. The number of hydrogen-bond donors (Lipinski definition) is 1. The van der Waals surface area contributed by atoms with E-state index in [0.29, 0.717) is 0 Å². The molecule has 2 rings (SSSR count). The van der Waals surface area contributed by atoms with E-state index in [-0.39, 0.29) is 0 Å². The summed E-state index contributed by atoms with van der Waals surface area (Å²) in [6.07, 6.45) is 6.33. The van der Waals surface area contributed by atoms with Crippen LogP contribution in [0.4, 0.5) is 5.82 Å². The summed E-state index contributed by atoms with van der Waals surface area (Å²) in [5.74, 6) is 0.857. The van der Waals surface area contributed by atoms with E-state index in [4.69, 9.17) is 0 Å². The average molecular weight is 217 g/mol. The van der Waals surface area contributed by atoms with Crippen molar-refractivity contribution in [2.24, 2.45) is 7.05 Å². The summed E-state index contributed by atoms with van der Waals surface area (Å²) < 4.78 is 1.79. The highest BCUT2D eigenvalue weighted by Crippen LogP contribution is 2.06. The largest absolute Gasteiger partial charge is 0.366 e. The van der Waals surface area contributed by atoms with Crippen molar-refractivity contribution in [1.82, 2.24) is 19.7 Å². The van der Waals surface area contributed by atoms with Crippen molar-refractivity contribution in [2.75, 3.05) is 5.32 Å². The van der Waals surface area contributed by atoms with Crippen molar-refractivity contribution < 1.29 is 0 Å². The summed E-state index contributed by atoms with van der Waals surface area (Å²) in [5, 5.41) is 7.35. The second-order valence-electron chi connectivity index (χ2n) is 3.62. The van der Waals surface area contributed by atoms with E-state index < -0.39 is 0 Å². The van der Waals surface area contributed by atoms with Gasteiger partial charge in [0.05, 0.1) is 6.20 Å². The Hall–Kier alpha value is -1.91. The predicted octanol–water partition coefficient (Wildman–Crippen LogP) is 1.38. The molecular weight excluding hydrogens is 202 g/mol. The maximum atomic E-state index is 4.16. The molecule has 2 aromatic rings. The van der Waals surface area contributed by atoms with Crippen molar-refractivity contribution >= 4 is 5.82 Å². The van der Waals surface area contributed by atoms with Gasteiger partial charge in [-0.3, -0.25) is 4.68 Å². The Kier molecular flexibility index (Phi) is 3.14. The topological polar surface area (TPSA) is 55.6 Å². The predicted molar refractivity (Wildman–Crippen MR) is 61.9 cm³/mol. The molecule has 0 saturated carbocycles. The van der Waals surface area contributed by atoms with Crippen LogP contribution in [-0.4, -0.2) is 19.7 Å². The molecule has 0 unspecified atom stereocenters. The monoisotopic (exact) mass is 217 g/mol. The van der Waals surface area contributed by atoms with E-state index in [9.17, 15) is 0 Å². The third-order valence-corrected chi connectivity index (χ3v) is 2.32. The van der Waals surface area contributed by atoms with Crippen molar-refractivity contribution in [3.05, 3.63) is 36.0 Å². The molecule has 0 saturated heterocycles. The lowest BCUT2D eigenvalue weighted by molar-refractivity contribution is 0.767. The fraction of sp³-hybridized carbons (Fsp3) is 0.364. The highest BCUT2D eigenvalue weighted by molar-refractivity contribution is 5.35. The van der Waals surface area contributed by atoms with E-state index in [1.165, 1.54) is 0 Å². The molecule has 16 heavy (non-hydrogen) atoms. The lowest BCUT2D eigenvalue weighted by Crippen LogP contribution is -2.02. The molecule has 0 radical (unpaired) electrons. The van der Waals surface area contributed by atoms with Crippen LogP contribution >= 0.6 is 0 Å². The van der Waals surface area contributed by atoms with Gasteiger partial charge < -0.3 is 5.32 Å². The maximum absolute atomic E-state index is 4.16. The van der Waals surface area contributed by atoms with Crippen molar-refractivity contribution in [2.45, 2.75) is 19.9 Å². The molecular formula is C11H15N5. The molecule has 0 aliphatic rings. The van der Waals surface area contributed by atoms with E-state index in [1.54, 1.807) is 11.0 Å². The minimum absolute atomic E-state index is 0.730. The van der Waals surface area contributed by atoms with Gasteiger partial charge in [-0.25, -0.2) is 9.97 Å². The first-order chi connectivity index (χ1) is 7.78. The van der Waals surface area contributed by atoms with Crippen LogP contribution in [0.15, 0.2) is 24.8 Å². The molecule has 0 aromatic carbocycles. The molecule has 5 nitrogen and oxygen atoms in total. The van der Waals surface area contributed by atoms with Crippen LogP contribution in [0.3, 0.4) is 0 Å². The van der Waals surface area contributed by atoms with E-state index in [1.807, 2.05) is 25.5 Å². The van der Waals surface area contributed by atoms with E-state index >= 15 is 0 Å². The van der Waals surface area contributed by atoms with Gasteiger partial charge in [0.2, 0.25) is 0 Å². The van der Waals surface area contributed by atoms with Crippen LogP contribution in [0.5, 0.6) is 0 Å². The third kappa shape index (κ3) is 2.56. The van der Waals surface area contributed by atoms with Crippen LogP contribution < -0.4 is 5.32 Å². The van der Waals surface area contributed by atoms with Gasteiger partial charge in [0.1, 0.15) is 12.1 Å². The summed E-state index contributed by atoms with van der Waals surface area (Å²) in [4.78, 5) is 8.31. The molecule has 5 heteroatoms. The molecule has 2 aromatic heterocycles. The second kappa shape index (κ2) is 4.74. The molecule has 0 fully saturated rings. The molecule has 2 heterocycles. The number of nitrogens with zero attached hydrogens (tertiary/aromatic N) is 4. The van der Waals surface area contributed by atoms with E-state index in [0.717, 1.165) is 30.0 Å². The van der Waals surface area contributed by atoms with E-state index in [2.05, 4.69) is 27.3 Å². The Morgan fingerprint density at radius 3 is 2.94 bits per heavy atom. The quantitative estimate of drug-likeness (QED) is 0.840. The molecule has 1 N–H and O–H groups in total. The summed E-state index contributed by atoms with van der Waals surface area (Å²) in [5.41, 5.74) is 2.18. The Balaban J connectivity index is 1.99. The molecule has 0 atom stereocenters. The fourth-order valence-electron chi connectivity index (χ4n) is 1.44. The number of nitrogens with one attached hydrogen (secondary N) is 1. The molecule has 84 valence electrons. The Morgan fingerprint density at radius 2 is 2.25 bits per heavy atom. The lowest BCUT2D eigenvalue weighted by atomic mass is 10.3. The van der Waals surface area contributed by atoms with Gasteiger partial charge in [-0.1, -0.05) is 6.92 Å². The summed E-state index contributed by atoms with van der Waals surface area (Å²) in [6.45, 7) is 2.81. The van der Waals surface area contributed by atoms with Crippen molar-refractivity contribution in [3.63, 3.8) is 0 Å². The van der Waals surface area contributed by atoms with Gasteiger partial charge in [0.15, 0.2) is 0 Å².